The van der Waals surface area contributed by atoms with E-state index in [4.69, 9.17) is 4.42 Å². The number of carbonyl (C=O) groups excluding carboxylic acids is 3. The maximum absolute atomic E-state index is 12.4. The van der Waals surface area contributed by atoms with Crippen LogP contribution in [0.25, 0.3) is 17.4 Å². The van der Waals surface area contributed by atoms with Crippen LogP contribution in [0.4, 0.5) is 4.79 Å². The molecule has 1 fully saturated rings. The number of hydrogen-bond acceptors (Lipinski definition) is 6. The highest BCUT2D eigenvalue weighted by Gasteiger charge is 2.35. The molecule has 1 aromatic carbocycles. The number of nitrogens with one attached hydrogen (secondary N) is 1. The Morgan fingerprint density at radius 1 is 1.07 bits per heavy atom. The molecule has 10 heteroatoms. The predicted molar refractivity (Wildman–Crippen MR) is 101 cm³/mol. The van der Waals surface area contributed by atoms with Gasteiger partial charge in [0.1, 0.15) is 17.1 Å². The van der Waals surface area contributed by atoms with Gasteiger partial charge in [0, 0.05) is 12.1 Å². The molecule has 0 radical (unpaired) electrons. The summed E-state index contributed by atoms with van der Waals surface area (Å²) in [4.78, 5) is 59.5. The Labute approximate surface area is 168 Å². The summed E-state index contributed by atoms with van der Waals surface area (Å²) in [5.41, 5.74) is -0.661. The maximum Gasteiger partial charge on any atom is 0.335 e. The van der Waals surface area contributed by atoms with E-state index >= 15 is 0 Å². The lowest BCUT2D eigenvalue weighted by molar-refractivity contribution is -0.129. The summed E-state index contributed by atoms with van der Waals surface area (Å²) in [5.74, 6) is -4.18. The first kappa shape index (κ1) is 20.3. The Morgan fingerprint density at radius 2 is 1.70 bits per heavy atom. The van der Waals surface area contributed by atoms with Crippen molar-refractivity contribution in [2.24, 2.45) is 0 Å². The number of furan rings is 1. The Hall–Kier alpha value is -4.47. The van der Waals surface area contributed by atoms with Gasteiger partial charge in [0.25, 0.3) is 11.8 Å². The molecule has 4 amide bonds. The molecule has 0 saturated carbocycles. The first-order valence-corrected chi connectivity index (χ1v) is 8.43. The fraction of sp³-hybridized carbons (Fsp3) is 0.0500. The van der Waals surface area contributed by atoms with E-state index in [1.54, 1.807) is 0 Å². The van der Waals surface area contributed by atoms with Crippen molar-refractivity contribution in [3.05, 3.63) is 65.4 Å². The van der Waals surface area contributed by atoms with Crippen LogP contribution < -0.4 is 5.32 Å². The second-order valence-electron chi connectivity index (χ2n) is 6.13. The van der Waals surface area contributed by atoms with Crippen LogP contribution in [-0.2, 0) is 9.59 Å². The van der Waals surface area contributed by atoms with Crippen molar-refractivity contribution in [1.29, 1.82) is 0 Å². The number of carboxylic acid groups (broad SMARTS) is 2. The largest absolute Gasteiger partial charge is 0.478 e. The van der Waals surface area contributed by atoms with Crippen molar-refractivity contribution in [3.63, 3.8) is 0 Å². The molecule has 1 aromatic heterocycles. The van der Waals surface area contributed by atoms with Crippen LogP contribution in [0.3, 0.4) is 0 Å². The molecule has 0 aliphatic carbocycles. The topological polar surface area (TPSA) is 154 Å². The average Bonchev–Trinajstić information content (AvgIpc) is 3.16. The van der Waals surface area contributed by atoms with E-state index in [0.717, 1.165) is 17.0 Å². The maximum atomic E-state index is 12.4. The summed E-state index contributed by atoms with van der Waals surface area (Å²) in [7, 11) is 0. The Kier molecular flexibility index (Phi) is 5.32. The quantitative estimate of drug-likeness (QED) is 0.371. The van der Waals surface area contributed by atoms with E-state index in [9.17, 15) is 34.2 Å². The zero-order valence-electron chi connectivity index (χ0n) is 15.2. The monoisotopic (exact) mass is 410 g/mol. The second-order valence-corrected chi connectivity index (χ2v) is 6.13. The highest BCUT2D eigenvalue weighted by Crippen LogP contribution is 2.26. The van der Waals surface area contributed by atoms with Gasteiger partial charge in [0.2, 0.25) is 0 Å². The summed E-state index contributed by atoms with van der Waals surface area (Å²) in [6, 6.07) is 5.44. The number of benzene rings is 1. The smallest absolute Gasteiger partial charge is 0.335 e. The van der Waals surface area contributed by atoms with Crippen molar-refractivity contribution in [1.82, 2.24) is 10.2 Å². The molecule has 152 valence electrons. The zero-order chi connectivity index (χ0) is 22.0. The molecule has 3 rings (SSSR count). The van der Waals surface area contributed by atoms with Gasteiger partial charge in [-0.3, -0.25) is 19.8 Å². The van der Waals surface area contributed by atoms with Crippen molar-refractivity contribution in [3.8, 4) is 11.3 Å². The minimum atomic E-state index is -1.32. The lowest BCUT2D eigenvalue weighted by Gasteiger charge is -2.24. The van der Waals surface area contributed by atoms with E-state index in [2.05, 4.69) is 6.58 Å². The van der Waals surface area contributed by atoms with Crippen LogP contribution in [0.15, 0.2) is 53.0 Å². The molecule has 30 heavy (non-hydrogen) atoms. The summed E-state index contributed by atoms with van der Waals surface area (Å²) in [6.45, 7) is 3.35. The fourth-order valence-electron chi connectivity index (χ4n) is 2.73. The van der Waals surface area contributed by atoms with Gasteiger partial charge >= 0.3 is 18.0 Å². The Bertz CT molecular complexity index is 1110. The van der Waals surface area contributed by atoms with Gasteiger partial charge in [0.15, 0.2) is 0 Å². The first-order chi connectivity index (χ1) is 14.2. The molecule has 10 nitrogen and oxygen atoms in total. The molecule has 0 bridgehead atoms. The molecule has 2 heterocycles. The van der Waals surface area contributed by atoms with Crippen molar-refractivity contribution in [2.45, 2.75) is 0 Å². The van der Waals surface area contributed by atoms with Crippen LogP contribution in [-0.4, -0.2) is 51.4 Å². The molecule has 1 aliphatic rings. The number of barbiturate groups is 1. The number of amides is 4. The van der Waals surface area contributed by atoms with Gasteiger partial charge in [-0.1, -0.05) is 6.08 Å². The van der Waals surface area contributed by atoms with Crippen LogP contribution >= 0.6 is 0 Å². The van der Waals surface area contributed by atoms with E-state index in [-0.39, 0.29) is 40.3 Å². The number of rotatable bonds is 6. The average molecular weight is 410 g/mol. The van der Waals surface area contributed by atoms with E-state index in [1.807, 2.05) is 5.32 Å². The standard InChI is InChI=1S/C20H14N2O8/c1-2-5-22-17(24)14(16(23)21-20(22)29)9-13-3-4-15(30-13)10-6-11(18(25)26)8-12(7-10)19(27)28/h2-4,6-9H,1,5H2,(H,25,26)(H,27,28)(H,21,23,29). The number of imide groups is 2. The summed E-state index contributed by atoms with van der Waals surface area (Å²) in [6.07, 6.45) is 2.45. The normalized spacial score (nSPS) is 15.3. The van der Waals surface area contributed by atoms with Crippen LogP contribution in [0, 0.1) is 0 Å². The summed E-state index contributed by atoms with van der Waals surface area (Å²) >= 11 is 0. The molecule has 0 atom stereocenters. The van der Waals surface area contributed by atoms with Crippen molar-refractivity contribution >= 4 is 35.9 Å². The molecular weight excluding hydrogens is 396 g/mol. The van der Waals surface area contributed by atoms with Gasteiger partial charge in [-0.05, 0) is 36.4 Å². The summed E-state index contributed by atoms with van der Waals surface area (Å²) in [5, 5.41) is 20.4. The molecule has 0 spiro atoms. The molecule has 1 saturated heterocycles. The molecule has 0 unspecified atom stereocenters. The summed E-state index contributed by atoms with van der Waals surface area (Å²) < 4.78 is 5.54. The molecule has 3 N–H and O–H groups in total. The van der Waals surface area contributed by atoms with Gasteiger partial charge in [-0.25, -0.2) is 14.4 Å². The molecule has 2 aromatic rings. The Balaban J connectivity index is 1.99. The van der Waals surface area contributed by atoms with Crippen LogP contribution in [0.2, 0.25) is 0 Å². The highest BCUT2D eigenvalue weighted by molar-refractivity contribution is 6.30. The third-order valence-corrected chi connectivity index (χ3v) is 4.12. The zero-order valence-corrected chi connectivity index (χ0v) is 15.2. The first-order valence-electron chi connectivity index (χ1n) is 8.43. The lowest BCUT2D eigenvalue weighted by Crippen LogP contribution is -2.54. The number of nitrogens with zero attached hydrogens (tertiary/aromatic N) is 1. The van der Waals surface area contributed by atoms with E-state index in [1.165, 1.54) is 30.3 Å². The number of carbonyl (C=O) groups is 5. The second kappa shape index (κ2) is 7.87. The predicted octanol–water partition coefficient (Wildman–Crippen LogP) is 1.99. The molecule has 1 aliphatic heterocycles. The van der Waals surface area contributed by atoms with Gasteiger partial charge in [-0.2, -0.15) is 0 Å². The number of hydrogen-bond donors (Lipinski definition) is 3. The number of aromatic carboxylic acids is 2. The number of carboxylic acids is 2. The lowest BCUT2D eigenvalue weighted by atomic mass is 10.0. The fourth-order valence-corrected chi connectivity index (χ4v) is 2.73. The molecular formula is C20H14N2O8. The number of urea groups is 1. The van der Waals surface area contributed by atoms with Gasteiger partial charge in [-0.15, -0.1) is 6.58 Å². The van der Waals surface area contributed by atoms with E-state index in [0.29, 0.717) is 0 Å². The Morgan fingerprint density at radius 3 is 2.27 bits per heavy atom. The minimum Gasteiger partial charge on any atom is -0.478 e. The highest BCUT2D eigenvalue weighted by atomic mass is 16.4. The minimum absolute atomic E-state index is 0.0639. The van der Waals surface area contributed by atoms with E-state index < -0.39 is 29.8 Å². The van der Waals surface area contributed by atoms with Crippen LogP contribution in [0.5, 0.6) is 0 Å². The van der Waals surface area contributed by atoms with Crippen LogP contribution in [0.1, 0.15) is 26.5 Å². The third-order valence-electron chi connectivity index (χ3n) is 4.12. The van der Waals surface area contributed by atoms with Crippen molar-refractivity contribution in [2.75, 3.05) is 6.54 Å². The third kappa shape index (κ3) is 3.87. The van der Waals surface area contributed by atoms with Gasteiger partial charge < -0.3 is 14.6 Å². The van der Waals surface area contributed by atoms with Crippen molar-refractivity contribution < 1.29 is 38.6 Å². The SMILES string of the molecule is C=CCN1C(=O)NC(=O)C(=Cc2ccc(-c3cc(C(=O)O)cc(C(=O)O)c3)o2)C1=O. The van der Waals surface area contributed by atoms with Gasteiger partial charge in [0.05, 0.1) is 11.1 Å².